The molecule has 0 saturated heterocycles. The number of carbonyl (C=O) groups is 2. The van der Waals surface area contributed by atoms with E-state index in [0.29, 0.717) is 25.7 Å². The third-order valence-electron chi connectivity index (χ3n) is 11.7. The average Bonchev–Trinajstić information content (AvgIpc) is 3.30. The number of carbonyl (C=O) groups excluding carboxylic acids is 2. The summed E-state index contributed by atoms with van der Waals surface area (Å²) >= 11 is 0. The minimum absolute atomic E-state index is 0.0238. The molecule has 0 aromatic carbocycles. The number of aliphatic hydroxyl groups is 2. The molecule has 1 amide bonds. The molecule has 0 rings (SSSR count). The molecular formula is C59H101NO5. The van der Waals surface area contributed by atoms with Crippen molar-refractivity contribution < 1.29 is 24.5 Å². The number of nitrogens with one attached hydrogen (secondary N) is 1. The molecule has 0 fully saturated rings. The topological polar surface area (TPSA) is 95.9 Å². The van der Waals surface area contributed by atoms with Crippen LogP contribution in [-0.4, -0.2) is 46.9 Å². The van der Waals surface area contributed by atoms with E-state index in [1.54, 1.807) is 0 Å². The summed E-state index contributed by atoms with van der Waals surface area (Å²) in [5, 5.41) is 23.8. The van der Waals surface area contributed by atoms with Gasteiger partial charge in [-0.2, -0.15) is 0 Å². The highest BCUT2D eigenvalue weighted by atomic mass is 16.5. The van der Waals surface area contributed by atoms with Gasteiger partial charge in [-0.25, -0.2) is 0 Å². The van der Waals surface area contributed by atoms with Crippen molar-refractivity contribution >= 4 is 11.9 Å². The van der Waals surface area contributed by atoms with Gasteiger partial charge in [0.1, 0.15) is 6.10 Å². The number of amides is 1. The molecule has 6 heteroatoms. The summed E-state index contributed by atoms with van der Waals surface area (Å²) in [6, 6.07) is -0.731. The third-order valence-corrected chi connectivity index (χ3v) is 11.7. The van der Waals surface area contributed by atoms with Gasteiger partial charge in [0.05, 0.1) is 25.2 Å². The summed E-state index contributed by atoms with van der Waals surface area (Å²) in [5.41, 5.74) is 0. The maximum atomic E-state index is 13.2. The number of unbranched alkanes of at least 4 members (excludes halogenated alkanes) is 19. The minimum Gasteiger partial charge on any atom is -0.462 e. The van der Waals surface area contributed by atoms with E-state index in [-0.39, 0.29) is 24.9 Å². The molecule has 3 N–H and O–H groups in total. The number of allylic oxidation sites excluding steroid dienone is 16. The van der Waals surface area contributed by atoms with Crippen LogP contribution in [0.25, 0.3) is 0 Å². The van der Waals surface area contributed by atoms with Crippen molar-refractivity contribution in [3.8, 4) is 0 Å². The van der Waals surface area contributed by atoms with Crippen molar-refractivity contribution in [3.05, 3.63) is 97.2 Å². The normalized spacial score (nSPS) is 14.0. The molecule has 0 bridgehead atoms. The summed E-state index contributed by atoms with van der Waals surface area (Å²) in [5.74, 6) is -0.587. The van der Waals surface area contributed by atoms with E-state index in [4.69, 9.17) is 4.74 Å². The molecule has 0 aromatic rings. The van der Waals surface area contributed by atoms with E-state index in [1.807, 2.05) is 0 Å². The lowest BCUT2D eigenvalue weighted by Gasteiger charge is -2.24. The Hall–Kier alpha value is -3.22. The standard InChI is InChI=1S/C59H101NO5/c1-4-7-10-13-16-19-22-25-27-29-31-33-36-39-42-45-48-51-57(62)56(54-61)60-58(63)53-55(50-47-44-41-38-35-24-21-18-15-12-9-6-3)65-59(64)52-49-46-43-40-37-34-32-30-28-26-23-20-17-14-11-8-5-2/h8-9,11-12,17-18,20-21,26,28,32,34-35,38,40,43,55-57,61-62H,4-7,10,13-16,19,22-25,27,29-31,33,36-37,39,41-42,44-54H2,1-3H3,(H,60,63)/b11-8-,12-9+,20-17-,21-18+,28-26-,34-32-,38-35+,43-40-. The van der Waals surface area contributed by atoms with Gasteiger partial charge in [-0.1, -0.05) is 227 Å². The fourth-order valence-corrected chi connectivity index (χ4v) is 7.66. The van der Waals surface area contributed by atoms with Crippen LogP contribution in [0.2, 0.25) is 0 Å². The summed E-state index contributed by atoms with van der Waals surface area (Å²) < 4.78 is 5.89. The van der Waals surface area contributed by atoms with Gasteiger partial charge in [0.25, 0.3) is 0 Å². The molecular weight excluding hydrogens is 803 g/mol. The molecule has 0 aliphatic carbocycles. The molecule has 3 unspecified atom stereocenters. The lowest BCUT2D eigenvalue weighted by molar-refractivity contribution is -0.151. The van der Waals surface area contributed by atoms with E-state index in [2.05, 4.69) is 123 Å². The van der Waals surface area contributed by atoms with Crippen molar-refractivity contribution in [2.24, 2.45) is 0 Å². The predicted molar refractivity (Wildman–Crippen MR) is 282 cm³/mol. The second kappa shape index (κ2) is 51.8. The van der Waals surface area contributed by atoms with Crippen LogP contribution < -0.4 is 5.32 Å². The molecule has 0 aliphatic heterocycles. The number of ether oxygens (including phenoxy) is 1. The van der Waals surface area contributed by atoms with Crippen molar-refractivity contribution in [3.63, 3.8) is 0 Å². The Morgan fingerprint density at radius 2 is 0.831 bits per heavy atom. The molecule has 6 nitrogen and oxygen atoms in total. The molecule has 0 aromatic heterocycles. The van der Waals surface area contributed by atoms with Gasteiger partial charge in [-0.15, -0.1) is 0 Å². The summed E-state index contributed by atoms with van der Waals surface area (Å²) in [4.78, 5) is 26.1. The van der Waals surface area contributed by atoms with Crippen LogP contribution in [-0.2, 0) is 14.3 Å². The zero-order chi connectivity index (χ0) is 47.4. The largest absolute Gasteiger partial charge is 0.462 e. The Kier molecular flexibility index (Phi) is 49.2. The Bertz CT molecular complexity index is 1290. The van der Waals surface area contributed by atoms with Crippen molar-refractivity contribution in [2.75, 3.05) is 6.61 Å². The van der Waals surface area contributed by atoms with Gasteiger partial charge < -0.3 is 20.3 Å². The van der Waals surface area contributed by atoms with Crippen LogP contribution in [0.3, 0.4) is 0 Å². The maximum absolute atomic E-state index is 13.2. The number of hydrogen-bond acceptors (Lipinski definition) is 5. The Morgan fingerprint density at radius 3 is 1.25 bits per heavy atom. The fourth-order valence-electron chi connectivity index (χ4n) is 7.66. The molecule has 0 heterocycles. The second-order valence-corrected chi connectivity index (χ2v) is 17.9. The lowest BCUT2D eigenvalue weighted by Crippen LogP contribution is -2.46. The van der Waals surface area contributed by atoms with Crippen LogP contribution in [0.4, 0.5) is 0 Å². The molecule has 0 saturated carbocycles. The van der Waals surface area contributed by atoms with E-state index in [1.165, 1.54) is 89.9 Å². The first-order valence-corrected chi connectivity index (χ1v) is 27.0. The average molecular weight is 904 g/mol. The van der Waals surface area contributed by atoms with Crippen LogP contribution in [0, 0.1) is 0 Å². The second-order valence-electron chi connectivity index (χ2n) is 17.9. The van der Waals surface area contributed by atoms with Gasteiger partial charge in [0.15, 0.2) is 0 Å². The molecule has 65 heavy (non-hydrogen) atoms. The highest BCUT2D eigenvalue weighted by molar-refractivity contribution is 5.77. The first-order chi connectivity index (χ1) is 32.0. The maximum Gasteiger partial charge on any atom is 0.306 e. The Labute approximate surface area is 401 Å². The summed E-state index contributed by atoms with van der Waals surface area (Å²) in [6.07, 6.45) is 69.1. The van der Waals surface area contributed by atoms with E-state index in [9.17, 15) is 19.8 Å². The predicted octanol–water partition coefficient (Wildman–Crippen LogP) is 16.5. The van der Waals surface area contributed by atoms with Gasteiger partial charge in [-0.3, -0.25) is 9.59 Å². The number of rotatable bonds is 47. The highest BCUT2D eigenvalue weighted by Gasteiger charge is 2.24. The highest BCUT2D eigenvalue weighted by Crippen LogP contribution is 2.17. The Balaban J connectivity index is 4.64. The van der Waals surface area contributed by atoms with Gasteiger partial charge >= 0.3 is 5.97 Å². The van der Waals surface area contributed by atoms with E-state index < -0.39 is 18.2 Å². The molecule has 0 aliphatic rings. The molecule has 0 radical (unpaired) electrons. The molecule has 3 atom stereocenters. The van der Waals surface area contributed by atoms with Crippen molar-refractivity contribution in [1.29, 1.82) is 0 Å². The molecule has 372 valence electrons. The summed E-state index contributed by atoms with van der Waals surface area (Å²) in [7, 11) is 0. The third kappa shape index (κ3) is 47.1. The van der Waals surface area contributed by atoms with Gasteiger partial charge in [-0.05, 0) is 96.3 Å². The quantitative estimate of drug-likeness (QED) is 0.0321. The summed E-state index contributed by atoms with van der Waals surface area (Å²) in [6.45, 7) is 6.24. The van der Waals surface area contributed by atoms with Crippen molar-refractivity contribution in [2.45, 2.75) is 257 Å². The molecule has 0 spiro atoms. The van der Waals surface area contributed by atoms with Crippen LogP contribution in [0.15, 0.2) is 97.2 Å². The minimum atomic E-state index is -0.813. The lowest BCUT2D eigenvalue weighted by atomic mass is 10.0. The zero-order valence-electron chi connectivity index (χ0n) is 42.3. The van der Waals surface area contributed by atoms with E-state index in [0.717, 1.165) is 96.3 Å². The fraction of sp³-hybridized carbons (Fsp3) is 0.695. The SMILES string of the molecule is CC/C=C\C/C=C\C/C=C\C/C=C\C/C=C\CCCC(=O)OC(CCCC/C=C/C/C=C/C/C=C/CC)CC(=O)NC(CO)C(O)CCCCCCCCCCCCCCCCCCC. The zero-order valence-corrected chi connectivity index (χ0v) is 42.3. The first-order valence-electron chi connectivity index (χ1n) is 27.0. The number of aliphatic hydroxyl groups excluding tert-OH is 2. The van der Waals surface area contributed by atoms with Crippen LogP contribution in [0.1, 0.15) is 239 Å². The van der Waals surface area contributed by atoms with E-state index >= 15 is 0 Å². The van der Waals surface area contributed by atoms with Crippen molar-refractivity contribution in [1.82, 2.24) is 5.32 Å². The number of esters is 1. The first kappa shape index (κ1) is 61.8. The van der Waals surface area contributed by atoms with Crippen LogP contribution >= 0.6 is 0 Å². The Morgan fingerprint density at radius 1 is 0.462 bits per heavy atom. The van der Waals surface area contributed by atoms with Gasteiger partial charge in [0, 0.05) is 6.42 Å². The smallest absolute Gasteiger partial charge is 0.306 e. The monoisotopic (exact) mass is 904 g/mol. The van der Waals surface area contributed by atoms with Crippen LogP contribution in [0.5, 0.6) is 0 Å². The number of hydrogen-bond donors (Lipinski definition) is 3. The van der Waals surface area contributed by atoms with Gasteiger partial charge in [0.2, 0.25) is 5.91 Å².